The molecular weight excluding hydrogens is 475 g/mol. The van der Waals surface area contributed by atoms with E-state index in [1.165, 1.54) is 23.0 Å². The second-order valence-corrected chi connectivity index (χ2v) is 8.99. The maximum absolute atomic E-state index is 15.1. The third kappa shape index (κ3) is 4.95. The predicted molar refractivity (Wildman–Crippen MR) is 123 cm³/mol. The van der Waals surface area contributed by atoms with Gasteiger partial charge in [0.2, 0.25) is 5.91 Å². The van der Waals surface area contributed by atoms with Crippen LogP contribution in [0.4, 0.5) is 20.6 Å². The molecule has 3 N–H and O–H groups in total. The molecular formula is C22H27FN8O5. The summed E-state index contributed by atoms with van der Waals surface area (Å²) < 4.78 is 20.6. The molecule has 1 aliphatic carbocycles. The maximum atomic E-state index is 15.1. The Bertz CT molecular complexity index is 1150. The van der Waals surface area contributed by atoms with Gasteiger partial charge in [0.1, 0.15) is 5.82 Å². The van der Waals surface area contributed by atoms with E-state index in [2.05, 4.69) is 26.0 Å². The van der Waals surface area contributed by atoms with Crippen LogP contribution in [0.2, 0.25) is 0 Å². The zero-order valence-corrected chi connectivity index (χ0v) is 19.7. The van der Waals surface area contributed by atoms with E-state index in [0.29, 0.717) is 43.1 Å². The molecule has 1 aromatic heterocycles. The smallest absolute Gasteiger partial charge is 0.415 e. The monoisotopic (exact) mass is 502 g/mol. The molecule has 1 spiro atoms. The van der Waals surface area contributed by atoms with Crippen molar-refractivity contribution in [3.63, 3.8) is 0 Å². The SMILES string of the molecule is CC(=O)NC1C[C@@]12CN(c1ccc(N3CCON(C(=O)CNCc4cn[nH]n4)CC3)c(F)c1)C(=O)O2. The van der Waals surface area contributed by atoms with E-state index in [4.69, 9.17) is 9.57 Å². The number of anilines is 2. The fraction of sp³-hybridized carbons (Fsp3) is 0.500. The Morgan fingerprint density at radius 3 is 2.92 bits per heavy atom. The number of carbonyl (C=O) groups excluding carboxylic acids is 3. The number of hydrogen-bond donors (Lipinski definition) is 3. The minimum absolute atomic E-state index is 0.0616. The number of aromatic nitrogens is 3. The number of nitrogens with one attached hydrogen (secondary N) is 3. The van der Waals surface area contributed by atoms with Gasteiger partial charge in [0.15, 0.2) is 5.60 Å². The predicted octanol–water partition coefficient (Wildman–Crippen LogP) is -0.0824. The summed E-state index contributed by atoms with van der Waals surface area (Å²) in [6, 6.07) is 4.34. The molecule has 36 heavy (non-hydrogen) atoms. The first-order chi connectivity index (χ1) is 17.3. The van der Waals surface area contributed by atoms with E-state index in [-0.39, 0.29) is 44.1 Å². The lowest BCUT2D eigenvalue weighted by Gasteiger charge is -2.24. The molecule has 0 bridgehead atoms. The summed E-state index contributed by atoms with van der Waals surface area (Å²) in [6.45, 7) is 3.34. The molecule has 3 amide bonds. The molecule has 3 aliphatic rings. The lowest BCUT2D eigenvalue weighted by molar-refractivity contribution is -0.180. The minimum atomic E-state index is -0.750. The molecule has 3 heterocycles. The second kappa shape index (κ2) is 9.70. The van der Waals surface area contributed by atoms with Crippen molar-refractivity contribution in [2.24, 2.45) is 0 Å². The number of carbonyl (C=O) groups is 3. The number of hydrogen-bond acceptors (Lipinski definition) is 9. The Morgan fingerprint density at radius 1 is 1.31 bits per heavy atom. The quantitative estimate of drug-likeness (QED) is 0.473. The van der Waals surface area contributed by atoms with Crippen LogP contribution in [0.5, 0.6) is 0 Å². The molecule has 2 saturated heterocycles. The highest BCUT2D eigenvalue weighted by atomic mass is 19.1. The first kappa shape index (κ1) is 23.9. The number of hydroxylamine groups is 2. The van der Waals surface area contributed by atoms with Crippen molar-refractivity contribution in [2.45, 2.75) is 31.5 Å². The summed E-state index contributed by atoms with van der Waals surface area (Å²) >= 11 is 0. The molecule has 3 fully saturated rings. The fourth-order valence-electron chi connectivity index (χ4n) is 4.50. The molecule has 1 unspecified atom stereocenters. The Hall–Kier alpha value is -3.78. The molecule has 14 heteroatoms. The van der Waals surface area contributed by atoms with Gasteiger partial charge in [0.05, 0.1) is 55.5 Å². The molecule has 1 aromatic carbocycles. The standard InChI is InChI=1S/C22H27FN8O5/c1-14(32)26-19-9-22(19)13-30(21(34)36-22)16-2-3-18(17(23)8-16)29-4-5-31(35-7-6-29)20(33)12-24-10-15-11-25-28-27-15/h2-3,8,11,19,24H,4-7,9-10,12-13H2,1H3,(H,26,32)(H,25,27,28)/t19?,22-/m1/s1. The van der Waals surface area contributed by atoms with Crippen molar-refractivity contribution >= 4 is 29.3 Å². The average Bonchev–Trinajstić information content (AvgIpc) is 3.12. The zero-order valence-electron chi connectivity index (χ0n) is 19.7. The first-order valence-electron chi connectivity index (χ1n) is 11.7. The van der Waals surface area contributed by atoms with E-state index in [1.54, 1.807) is 23.2 Å². The highest BCUT2D eigenvalue weighted by Gasteiger charge is 2.64. The van der Waals surface area contributed by atoms with Crippen molar-refractivity contribution in [1.29, 1.82) is 0 Å². The maximum Gasteiger partial charge on any atom is 0.415 e. The first-order valence-corrected chi connectivity index (χ1v) is 11.7. The van der Waals surface area contributed by atoms with Gasteiger partial charge in [-0.3, -0.25) is 19.3 Å². The molecule has 192 valence electrons. The Labute approximate surface area is 205 Å². The summed E-state index contributed by atoms with van der Waals surface area (Å²) in [6.07, 6.45) is 1.54. The van der Waals surface area contributed by atoms with Crippen molar-refractivity contribution in [3.8, 4) is 0 Å². The lowest BCUT2D eigenvalue weighted by atomic mass is 10.2. The number of halogens is 1. The number of rotatable bonds is 7. The van der Waals surface area contributed by atoms with Gasteiger partial charge in [-0.05, 0) is 18.2 Å². The Morgan fingerprint density at radius 2 is 2.17 bits per heavy atom. The topological polar surface area (TPSA) is 145 Å². The highest BCUT2D eigenvalue weighted by molar-refractivity contribution is 5.91. The van der Waals surface area contributed by atoms with Crippen LogP contribution in [-0.2, 0) is 25.7 Å². The van der Waals surface area contributed by atoms with Gasteiger partial charge in [-0.2, -0.15) is 15.4 Å². The van der Waals surface area contributed by atoms with Gasteiger partial charge in [-0.1, -0.05) is 0 Å². The zero-order chi connectivity index (χ0) is 25.3. The summed E-state index contributed by atoms with van der Waals surface area (Å²) in [5.41, 5.74) is 0.671. The fourth-order valence-corrected chi connectivity index (χ4v) is 4.50. The second-order valence-electron chi connectivity index (χ2n) is 8.99. The number of aromatic amines is 1. The lowest BCUT2D eigenvalue weighted by Crippen LogP contribution is -2.39. The molecule has 0 radical (unpaired) electrons. The normalized spacial score (nSPS) is 23.6. The van der Waals surface area contributed by atoms with Crippen LogP contribution in [0.1, 0.15) is 19.0 Å². The summed E-state index contributed by atoms with van der Waals surface area (Å²) in [5, 5.41) is 17.2. The van der Waals surface area contributed by atoms with Crippen molar-refractivity contribution in [3.05, 3.63) is 35.9 Å². The van der Waals surface area contributed by atoms with Crippen LogP contribution in [0.3, 0.4) is 0 Å². The summed E-state index contributed by atoms with van der Waals surface area (Å²) in [5.74, 6) is -0.925. The van der Waals surface area contributed by atoms with Crippen LogP contribution in [0, 0.1) is 5.82 Å². The Balaban J connectivity index is 1.16. The number of nitrogens with zero attached hydrogens (tertiary/aromatic N) is 5. The molecule has 1 saturated carbocycles. The van der Waals surface area contributed by atoms with Crippen LogP contribution in [-0.4, -0.2) is 89.4 Å². The van der Waals surface area contributed by atoms with E-state index < -0.39 is 17.5 Å². The van der Waals surface area contributed by atoms with Gasteiger partial charge < -0.3 is 20.3 Å². The van der Waals surface area contributed by atoms with E-state index >= 15 is 4.39 Å². The van der Waals surface area contributed by atoms with Gasteiger partial charge in [0, 0.05) is 33.0 Å². The van der Waals surface area contributed by atoms with Crippen molar-refractivity contribution < 1.29 is 28.3 Å². The molecule has 2 aromatic rings. The molecule has 5 rings (SSSR count). The van der Waals surface area contributed by atoms with Gasteiger partial charge in [0.25, 0.3) is 5.91 Å². The number of H-pyrrole nitrogens is 1. The van der Waals surface area contributed by atoms with Crippen molar-refractivity contribution in [1.82, 2.24) is 31.1 Å². The number of benzene rings is 1. The largest absolute Gasteiger partial charge is 0.438 e. The molecule has 2 aliphatic heterocycles. The number of ether oxygens (including phenoxy) is 1. The third-order valence-electron chi connectivity index (χ3n) is 6.43. The van der Waals surface area contributed by atoms with Crippen LogP contribution in [0.25, 0.3) is 0 Å². The van der Waals surface area contributed by atoms with Gasteiger partial charge in [-0.25, -0.2) is 14.2 Å². The van der Waals surface area contributed by atoms with Crippen LogP contribution >= 0.6 is 0 Å². The summed E-state index contributed by atoms with van der Waals surface area (Å²) in [7, 11) is 0. The Kier molecular flexibility index (Phi) is 6.45. The highest BCUT2D eigenvalue weighted by Crippen LogP contribution is 2.46. The number of amides is 3. The molecule has 13 nitrogen and oxygen atoms in total. The van der Waals surface area contributed by atoms with E-state index in [1.807, 2.05) is 0 Å². The van der Waals surface area contributed by atoms with Gasteiger partial charge in [-0.15, -0.1) is 0 Å². The average molecular weight is 503 g/mol. The summed E-state index contributed by atoms with van der Waals surface area (Å²) in [4.78, 5) is 45.0. The van der Waals surface area contributed by atoms with Crippen LogP contribution < -0.4 is 20.4 Å². The minimum Gasteiger partial charge on any atom is -0.438 e. The van der Waals surface area contributed by atoms with E-state index in [0.717, 1.165) is 0 Å². The van der Waals surface area contributed by atoms with Gasteiger partial charge >= 0.3 is 6.09 Å². The van der Waals surface area contributed by atoms with Crippen molar-refractivity contribution in [2.75, 3.05) is 49.1 Å². The molecule has 2 atom stereocenters. The van der Waals surface area contributed by atoms with E-state index in [9.17, 15) is 14.4 Å². The van der Waals surface area contributed by atoms with Crippen LogP contribution in [0.15, 0.2) is 24.4 Å². The third-order valence-corrected chi connectivity index (χ3v) is 6.43.